The van der Waals surface area contributed by atoms with Crippen LogP contribution in [-0.4, -0.2) is 33.3 Å². The number of nitrogens with one attached hydrogen (secondary N) is 1. The van der Waals surface area contributed by atoms with E-state index in [0.717, 1.165) is 29.7 Å². The van der Waals surface area contributed by atoms with E-state index in [2.05, 4.69) is 35.7 Å². The molecule has 0 amide bonds. The van der Waals surface area contributed by atoms with E-state index in [1.54, 1.807) is 16.8 Å². The van der Waals surface area contributed by atoms with Gasteiger partial charge in [0.1, 0.15) is 0 Å². The summed E-state index contributed by atoms with van der Waals surface area (Å²) in [6, 6.07) is 3.56. The molecule has 1 aliphatic carbocycles. The summed E-state index contributed by atoms with van der Waals surface area (Å²) in [4.78, 5) is 4.34. The smallest absolute Gasteiger partial charge is 0.252 e. The number of rotatable bonds is 6. The number of fused-ring (bicyclic) bond motifs is 1. The third-order valence-corrected chi connectivity index (χ3v) is 4.38. The molecule has 1 N–H and O–H groups in total. The maximum absolute atomic E-state index is 13.0. The fraction of sp³-hybridized carbons (Fsp3) is 0.500. The first-order valence-corrected chi connectivity index (χ1v) is 8.08. The van der Waals surface area contributed by atoms with Crippen LogP contribution in [0.25, 0.3) is 11.3 Å². The predicted molar refractivity (Wildman–Crippen MR) is 89.5 cm³/mol. The summed E-state index contributed by atoms with van der Waals surface area (Å²) in [5.74, 6) is -2.54. The van der Waals surface area contributed by atoms with E-state index in [1.165, 1.54) is 0 Å². The summed E-state index contributed by atoms with van der Waals surface area (Å²) < 4.78 is 27.7. The molecule has 7 heteroatoms. The van der Waals surface area contributed by atoms with Crippen molar-refractivity contribution in [2.75, 3.05) is 0 Å². The molecule has 122 valence electrons. The van der Waals surface area contributed by atoms with Crippen LogP contribution in [0.15, 0.2) is 24.9 Å². The van der Waals surface area contributed by atoms with Gasteiger partial charge in [-0.2, -0.15) is 5.10 Å². The second kappa shape index (κ2) is 5.94. The van der Waals surface area contributed by atoms with E-state index < -0.39 is 5.92 Å². The van der Waals surface area contributed by atoms with Crippen molar-refractivity contribution < 1.29 is 8.78 Å². The average Bonchev–Trinajstić information content (AvgIpc) is 2.89. The summed E-state index contributed by atoms with van der Waals surface area (Å²) in [6.07, 6.45) is 3.58. The van der Waals surface area contributed by atoms with Crippen molar-refractivity contribution in [2.24, 2.45) is 0 Å². The molecular formula is C16H21BF2N4. The zero-order valence-electron chi connectivity index (χ0n) is 13.5. The molecule has 0 radical (unpaired) electrons. The minimum atomic E-state index is -2.54. The second-order valence-corrected chi connectivity index (χ2v) is 6.44. The van der Waals surface area contributed by atoms with Crippen LogP contribution in [0.4, 0.5) is 8.78 Å². The van der Waals surface area contributed by atoms with Crippen molar-refractivity contribution in [3.63, 3.8) is 0 Å². The van der Waals surface area contributed by atoms with Crippen molar-refractivity contribution in [1.29, 1.82) is 0 Å². The molecule has 23 heavy (non-hydrogen) atoms. The number of aromatic nitrogens is 3. The molecule has 0 spiro atoms. The Labute approximate surface area is 135 Å². The first-order valence-electron chi connectivity index (χ1n) is 8.08. The van der Waals surface area contributed by atoms with Gasteiger partial charge in [-0.25, -0.2) is 18.3 Å². The molecule has 4 nitrogen and oxygen atoms in total. The van der Waals surface area contributed by atoms with Crippen molar-refractivity contribution in [2.45, 2.75) is 51.3 Å². The van der Waals surface area contributed by atoms with Gasteiger partial charge in [0, 0.05) is 30.7 Å². The Balaban J connectivity index is 1.81. The van der Waals surface area contributed by atoms with Gasteiger partial charge in [0.15, 0.2) is 12.4 Å². The lowest BCUT2D eigenvalue weighted by Crippen LogP contribution is -2.47. The molecule has 1 aliphatic rings. The fourth-order valence-corrected chi connectivity index (χ4v) is 3.05. The van der Waals surface area contributed by atoms with Gasteiger partial charge in [-0.15, -0.1) is 0 Å². The van der Waals surface area contributed by atoms with Crippen LogP contribution < -0.4 is 10.9 Å². The molecule has 0 aromatic carbocycles. The zero-order chi connectivity index (χ0) is 16.6. The van der Waals surface area contributed by atoms with E-state index in [-0.39, 0.29) is 18.9 Å². The van der Waals surface area contributed by atoms with Crippen LogP contribution in [0.1, 0.15) is 31.9 Å². The van der Waals surface area contributed by atoms with Crippen LogP contribution in [-0.2, 0) is 0 Å². The van der Waals surface area contributed by atoms with Gasteiger partial charge < -0.3 is 5.32 Å². The van der Waals surface area contributed by atoms with Gasteiger partial charge in [0.05, 0.1) is 11.4 Å². The summed E-state index contributed by atoms with van der Waals surface area (Å²) >= 11 is 0. The standard InChI is InChI=1S/C16H21BF2N4/c1-4-6-17(3)14-8-15-20-7-5-13(23(15)22-14)11(2)21-12-9-16(18,19)10-12/h5,7-8,12,21H,2,4,6,9-10H2,1,3H3. The highest BCUT2D eigenvalue weighted by molar-refractivity contribution is 6.71. The van der Waals surface area contributed by atoms with Crippen LogP contribution >= 0.6 is 0 Å². The minimum absolute atomic E-state index is 0.141. The maximum Gasteiger partial charge on any atom is 0.252 e. The van der Waals surface area contributed by atoms with Gasteiger partial charge in [0.2, 0.25) is 0 Å². The molecule has 2 heterocycles. The highest BCUT2D eigenvalue weighted by Crippen LogP contribution is 2.38. The molecule has 0 unspecified atom stereocenters. The molecule has 3 rings (SSSR count). The quantitative estimate of drug-likeness (QED) is 0.833. The Bertz CT molecular complexity index is 720. The lowest BCUT2D eigenvalue weighted by atomic mass is 9.47. The summed E-state index contributed by atoms with van der Waals surface area (Å²) in [5, 5.41) is 7.72. The van der Waals surface area contributed by atoms with Crippen molar-refractivity contribution >= 4 is 23.7 Å². The van der Waals surface area contributed by atoms with Crippen molar-refractivity contribution in [3.05, 3.63) is 30.6 Å². The van der Waals surface area contributed by atoms with Gasteiger partial charge in [0.25, 0.3) is 5.92 Å². The largest absolute Gasteiger partial charge is 0.381 e. The third-order valence-electron chi connectivity index (χ3n) is 4.38. The average molecular weight is 318 g/mol. The second-order valence-electron chi connectivity index (χ2n) is 6.44. The Morgan fingerprint density at radius 3 is 2.91 bits per heavy atom. The van der Waals surface area contributed by atoms with E-state index in [4.69, 9.17) is 0 Å². The Morgan fingerprint density at radius 2 is 2.26 bits per heavy atom. The van der Waals surface area contributed by atoms with E-state index in [1.807, 2.05) is 6.07 Å². The zero-order valence-corrected chi connectivity index (χ0v) is 13.5. The molecular weight excluding hydrogens is 297 g/mol. The molecule has 0 atom stereocenters. The first-order chi connectivity index (χ1) is 10.9. The Morgan fingerprint density at radius 1 is 1.52 bits per heavy atom. The topological polar surface area (TPSA) is 42.2 Å². The van der Waals surface area contributed by atoms with Crippen LogP contribution in [0.5, 0.6) is 0 Å². The molecule has 0 saturated heterocycles. The third kappa shape index (κ3) is 3.23. The van der Waals surface area contributed by atoms with E-state index >= 15 is 0 Å². The van der Waals surface area contributed by atoms with Crippen molar-refractivity contribution in [1.82, 2.24) is 19.9 Å². The number of nitrogens with zero attached hydrogens (tertiary/aromatic N) is 3. The molecule has 1 saturated carbocycles. The Kier molecular flexibility index (Phi) is 4.12. The number of halogens is 2. The van der Waals surface area contributed by atoms with Gasteiger partial charge in [-0.3, -0.25) is 0 Å². The monoisotopic (exact) mass is 318 g/mol. The van der Waals surface area contributed by atoms with Gasteiger partial charge >= 0.3 is 0 Å². The molecule has 2 aromatic rings. The summed E-state index contributed by atoms with van der Waals surface area (Å²) in [5.41, 5.74) is 3.12. The normalized spacial score (nSPS) is 17.0. The number of hydrogen-bond donors (Lipinski definition) is 1. The van der Waals surface area contributed by atoms with Gasteiger partial charge in [-0.1, -0.05) is 33.1 Å². The lowest BCUT2D eigenvalue weighted by molar-refractivity contribution is -0.0891. The maximum atomic E-state index is 13.0. The fourth-order valence-electron chi connectivity index (χ4n) is 3.05. The summed E-state index contributed by atoms with van der Waals surface area (Å²) in [6.45, 7) is 8.65. The van der Waals surface area contributed by atoms with Gasteiger partial charge in [-0.05, 0) is 12.1 Å². The predicted octanol–water partition coefficient (Wildman–Crippen LogP) is 2.83. The molecule has 1 fully saturated rings. The number of hydrogen-bond acceptors (Lipinski definition) is 3. The van der Waals surface area contributed by atoms with E-state index in [0.29, 0.717) is 12.4 Å². The highest BCUT2D eigenvalue weighted by atomic mass is 19.3. The Hall–Kier alpha value is -1.92. The number of alkyl halides is 2. The van der Waals surface area contributed by atoms with Crippen molar-refractivity contribution in [3.8, 4) is 0 Å². The van der Waals surface area contributed by atoms with Crippen LogP contribution in [0.3, 0.4) is 0 Å². The lowest BCUT2D eigenvalue weighted by Gasteiger charge is -2.36. The van der Waals surface area contributed by atoms with Crippen LogP contribution in [0.2, 0.25) is 13.1 Å². The van der Waals surface area contributed by atoms with E-state index in [9.17, 15) is 8.78 Å². The highest BCUT2D eigenvalue weighted by Gasteiger charge is 2.45. The SMILES string of the molecule is C=C(NC1CC(F)(F)C1)c1ccnc2cc(B(C)CCC)nn12. The minimum Gasteiger partial charge on any atom is -0.381 e. The summed E-state index contributed by atoms with van der Waals surface area (Å²) in [7, 11) is 0. The first kappa shape index (κ1) is 16.0. The molecule has 0 aliphatic heterocycles. The molecule has 2 aromatic heterocycles. The van der Waals surface area contributed by atoms with Crippen LogP contribution in [0, 0.1) is 0 Å². The molecule has 0 bridgehead atoms.